The Morgan fingerprint density at radius 1 is 0.929 bits per heavy atom. The topological polar surface area (TPSA) is 114 Å². The Kier molecular flexibility index (Phi) is 9.28. The number of rotatable bonds is 10. The Hall–Kier alpha value is -4.51. The Morgan fingerprint density at radius 2 is 1.67 bits per heavy atom. The maximum atomic E-state index is 13.5. The van der Waals surface area contributed by atoms with Crippen molar-refractivity contribution in [3.05, 3.63) is 135 Å². The molecular weight excluding hydrogens is 592 g/mol. The third kappa shape index (κ3) is 7.61. The summed E-state index contributed by atoms with van der Waals surface area (Å²) in [4.78, 5) is 42.0. The second kappa shape index (κ2) is 13.4. The predicted molar refractivity (Wildman–Crippen MR) is 168 cm³/mol. The van der Waals surface area contributed by atoms with Crippen molar-refractivity contribution in [2.75, 3.05) is 10.6 Å². The summed E-state index contributed by atoms with van der Waals surface area (Å²) in [7, 11) is 0. The zero-order valence-electron chi connectivity index (χ0n) is 21.9. The predicted octanol–water partition coefficient (Wildman–Crippen LogP) is 8.03. The first-order chi connectivity index (χ1) is 20.3. The van der Waals surface area contributed by atoms with Gasteiger partial charge in [0.05, 0.1) is 17.0 Å². The van der Waals surface area contributed by atoms with Crippen LogP contribution in [0, 0.1) is 10.1 Å². The maximum absolute atomic E-state index is 13.5. The number of anilines is 2. The summed E-state index contributed by atoms with van der Waals surface area (Å²) in [6.45, 7) is 0. The molecule has 0 aliphatic rings. The third-order valence-corrected chi connectivity index (χ3v) is 8.37. The normalized spacial score (nSPS) is 11.5. The average Bonchev–Trinajstić information content (AvgIpc) is 3.47. The van der Waals surface area contributed by atoms with Crippen LogP contribution >= 0.6 is 34.7 Å². The number of thioether (sulfide) groups is 1. The molecule has 2 amide bonds. The highest BCUT2D eigenvalue weighted by Crippen LogP contribution is 2.37. The summed E-state index contributed by atoms with van der Waals surface area (Å²) < 4.78 is 0. The molecule has 1 heterocycles. The van der Waals surface area contributed by atoms with Gasteiger partial charge in [-0.2, -0.15) is 0 Å². The molecule has 1 aromatic heterocycles. The molecule has 1 unspecified atom stereocenters. The lowest BCUT2D eigenvalue weighted by Crippen LogP contribution is -2.19. The van der Waals surface area contributed by atoms with E-state index in [4.69, 9.17) is 11.6 Å². The van der Waals surface area contributed by atoms with Gasteiger partial charge in [-0.05, 0) is 47.5 Å². The molecule has 42 heavy (non-hydrogen) atoms. The van der Waals surface area contributed by atoms with Crippen molar-refractivity contribution >= 4 is 63.0 Å². The van der Waals surface area contributed by atoms with Crippen molar-refractivity contribution < 1.29 is 14.5 Å². The molecule has 0 radical (unpaired) electrons. The number of hydrogen-bond acceptors (Lipinski definition) is 7. The molecule has 0 saturated heterocycles. The third-order valence-electron chi connectivity index (χ3n) is 6.10. The van der Waals surface area contributed by atoms with Crippen LogP contribution in [0.3, 0.4) is 0 Å². The minimum absolute atomic E-state index is 0.0289. The molecular formula is C31H23ClN4O4S2. The fourth-order valence-electron chi connectivity index (χ4n) is 4.06. The van der Waals surface area contributed by atoms with Crippen LogP contribution in [-0.2, 0) is 16.0 Å². The zero-order chi connectivity index (χ0) is 29.5. The molecule has 0 fully saturated rings. The van der Waals surface area contributed by atoms with Gasteiger partial charge in [-0.1, -0.05) is 66.2 Å². The first kappa shape index (κ1) is 29.0. The van der Waals surface area contributed by atoms with Gasteiger partial charge < -0.3 is 10.6 Å². The summed E-state index contributed by atoms with van der Waals surface area (Å²) in [5, 5.41) is 19.1. The first-order valence-electron chi connectivity index (χ1n) is 12.7. The Balaban J connectivity index is 1.26. The van der Waals surface area contributed by atoms with Crippen LogP contribution in [-0.4, -0.2) is 21.7 Å². The SMILES string of the molecule is O=C(Cc1ccc(Cl)cc1)Nc1ccc(SC(C(=O)Nc2nc(-c3cccc([N+](=O)[O-])c3)cs2)c2ccccc2)cc1. The van der Waals surface area contributed by atoms with E-state index in [0.29, 0.717) is 27.1 Å². The molecule has 2 N–H and O–H groups in total. The lowest BCUT2D eigenvalue weighted by molar-refractivity contribution is -0.384. The molecule has 0 spiro atoms. The number of carbonyl (C=O) groups excluding carboxylic acids is 2. The number of halogens is 1. The largest absolute Gasteiger partial charge is 0.326 e. The van der Waals surface area contributed by atoms with Gasteiger partial charge in [-0.15, -0.1) is 23.1 Å². The quantitative estimate of drug-likeness (QED) is 0.0935. The summed E-state index contributed by atoms with van der Waals surface area (Å²) in [6.07, 6.45) is 0.226. The number of nitrogens with zero attached hydrogens (tertiary/aromatic N) is 2. The van der Waals surface area contributed by atoms with Crippen molar-refractivity contribution in [2.45, 2.75) is 16.6 Å². The lowest BCUT2D eigenvalue weighted by Gasteiger charge is -2.16. The van der Waals surface area contributed by atoms with Crippen LogP contribution < -0.4 is 10.6 Å². The molecule has 0 aliphatic heterocycles. The standard InChI is InChI=1S/C31H23ClN4O4S2/c32-23-11-9-20(10-12-23)17-28(37)33-24-13-15-26(16-14-24)42-29(21-5-2-1-3-6-21)30(38)35-31-34-27(19-41-31)22-7-4-8-25(18-22)36(39)40/h1-16,18-19,29H,17H2,(H,33,37)(H,34,35,38). The highest BCUT2D eigenvalue weighted by atomic mass is 35.5. The average molecular weight is 615 g/mol. The van der Waals surface area contributed by atoms with Crippen LogP contribution in [0.2, 0.25) is 5.02 Å². The van der Waals surface area contributed by atoms with Crippen LogP contribution in [0.4, 0.5) is 16.5 Å². The fourth-order valence-corrected chi connectivity index (χ4v) is 5.93. The lowest BCUT2D eigenvalue weighted by atomic mass is 10.1. The number of nitro benzene ring substituents is 1. The Morgan fingerprint density at radius 3 is 2.38 bits per heavy atom. The Labute approximate surface area is 254 Å². The number of thiazole rings is 1. The number of nitrogens with one attached hydrogen (secondary N) is 2. The number of aromatic nitrogens is 1. The van der Waals surface area contributed by atoms with Gasteiger partial charge in [-0.3, -0.25) is 19.7 Å². The summed E-state index contributed by atoms with van der Waals surface area (Å²) in [5.41, 5.74) is 3.43. The number of carbonyl (C=O) groups is 2. The van der Waals surface area contributed by atoms with E-state index in [9.17, 15) is 19.7 Å². The van der Waals surface area contributed by atoms with E-state index in [-0.39, 0.29) is 23.9 Å². The summed E-state index contributed by atoms with van der Waals surface area (Å²) >= 11 is 8.54. The number of amides is 2. The smallest absolute Gasteiger partial charge is 0.270 e. The van der Waals surface area contributed by atoms with E-state index in [0.717, 1.165) is 16.0 Å². The van der Waals surface area contributed by atoms with E-state index in [1.807, 2.05) is 54.6 Å². The minimum Gasteiger partial charge on any atom is -0.326 e. The number of non-ortho nitro benzene ring substituents is 1. The molecule has 4 aromatic carbocycles. The number of benzene rings is 4. The molecule has 0 aliphatic carbocycles. The maximum Gasteiger partial charge on any atom is 0.270 e. The van der Waals surface area contributed by atoms with Crippen molar-refractivity contribution in [2.24, 2.45) is 0 Å². The van der Waals surface area contributed by atoms with Gasteiger partial charge in [0.25, 0.3) is 5.69 Å². The summed E-state index contributed by atoms with van der Waals surface area (Å²) in [5.74, 6) is -0.404. The molecule has 0 saturated carbocycles. The van der Waals surface area contributed by atoms with Crippen LogP contribution in [0.1, 0.15) is 16.4 Å². The van der Waals surface area contributed by atoms with Crippen molar-refractivity contribution in [1.29, 1.82) is 0 Å². The summed E-state index contributed by atoms with van der Waals surface area (Å²) in [6, 6.07) is 30.1. The first-order valence-corrected chi connectivity index (χ1v) is 14.8. The number of nitro groups is 1. The van der Waals surface area contributed by atoms with E-state index >= 15 is 0 Å². The fraction of sp³-hybridized carbons (Fsp3) is 0.0645. The molecule has 11 heteroatoms. The molecule has 8 nitrogen and oxygen atoms in total. The van der Waals surface area contributed by atoms with Crippen LogP contribution in [0.25, 0.3) is 11.3 Å². The van der Waals surface area contributed by atoms with E-state index < -0.39 is 10.2 Å². The highest BCUT2D eigenvalue weighted by molar-refractivity contribution is 8.00. The van der Waals surface area contributed by atoms with Gasteiger partial charge in [0.15, 0.2) is 5.13 Å². The minimum atomic E-state index is -0.582. The second-order valence-electron chi connectivity index (χ2n) is 9.12. The van der Waals surface area contributed by atoms with E-state index in [2.05, 4.69) is 15.6 Å². The van der Waals surface area contributed by atoms with Crippen LogP contribution in [0.15, 0.2) is 113 Å². The molecule has 5 rings (SSSR count). The molecule has 0 bridgehead atoms. The van der Waals surface area contributed by atoms with Crippen molar-refractivity contribution in [3.8, 4) is 11.3 Å². The van der Waals surface area contributed by atoms with Gasteiger partial charge in [0, 0.05) is 38.7 Å². The Bertz CT molecular complexity index is 1710. The van der Waals surface area contributed by atoms with Gasteiger partial charge in [-0.25, -0.2) is 4.98 Å². The van der Waals surface area contributed by atoms with Gasteiger partial charge in [0.2, 0.25) is 11.8 Å². The second-order valence-corrected chi connectivity index (χ2v) is 11.6. The van der Waals surface area contributed by atoms with Crippen LogP contribution in [0.5, 0.6) is 0 Å². The van der Waals surface area contributed by atoms with Crippen molar-refractivity contribution in [1.82, 2.24) is 4.98 Å². The van der Waals surface area contributed by atoms with E-state index in [1.165, 1.54) is 35.2 Å². The molecule has 1 atom stereocenters. The van der Waals surface area contributed by atoms with Gasteiger partial charge >= 0.3 is 0 Å². The monoisotopic (exact) mass is 614 g/mol. The molecule has 5 aromatic rings. The molecule has 210 valence electrons. The number of hydrogen-bond donors (Lipinski definition) is 2. The highest BCUT2D eigenvalue weighted by Gasteiger charge is 2.23. The van der Waals surface area contributed by atoms with Crippen molar-refractivity contribution in [3.63, 3.8) is 0 Å². The van der Waals surface area contributed by atoms with E-state index in [1.54, 1.807) is 41.8 Å². The zero-order valence-corrected chi connectivity index (χ0v) is 24.3. The van der Waals surface area contributed by atoms with Gasteiger partial charge in [0.1, 0.15) is 5.25 Å².